The molecule has 0 fully saturated rings. The number of hydrogen-bond acceptors (Lipinski definition) is 3. The van der Waals surface area contributed by atoms with Gasteiger partial charge in [0.2, 0.25) is 0 Å². The number of rotatable bonds is 3. The molecular formula is C13H7Cl4F4N3O3S. The maximum Gasteiger partial charge on any atom is 0.431 e. The summed E-state index contributed by atoms with van der Waals surface area (Å²) in [5.41, 5.74) is -5.52. The van der Waals surface area contributed by atoms with Gasteiger partial charge >= 0.3 is 11.9 Å². The second-order valence-corrected chi connectivity index (χ2v) is 9.86. The van der Waals surface area contributed by atoms with Crippen molar-refractivity contribution >= 4 is 63.1 Å². The van der Waals surface area contributed by atoms with Crippen LogP contribution in [0.4, 0.5) is 23.2 Å². The highest BCUT2D eigenvalue weighted by atomic mass is 35.6. The van der Waals surface area contributed by atoms with Crippen molar-refractivity contribution < 1.29 is 21.8 Å². The molecule has 0 spiro atoms. The number of aromatic nitrogens is 2. The van der Waals surface area contributed by atoms with Crippen LogP contribution in [0, 0.1) is 5.82 Å². The predicted molar refractivity (Wildman–Crippen MR) is 99.3 cm³/mol. The van der Waals surface area contributed by atoms with E-state index in [9.17, 15) is 31.4 Å². The van der Waals surface area contributed by atoms with E-state index in [1.807, 2.05) is 0 Å². The van der Waals surface area contributed by atoms with Gasteiger partial charge in [0.1, 0.15) is 11.5 Å². The summed E-state index contributed by atoms with van der Waals surface area (Å²) in [5.74, 6) is -1.21. The molecule has 0 saturated carbocycles. The van der Waals surface area contributed by atoms with Gasteiger partial charge in [0.25, 0.3) is 8.68 Å². The third kappa shape index (κ3) is 4.65. The molecule has 6 nitrogen and oxygen atoms in total. The summed E-state index contributed by atoms with van der Waals surface area (Å²) in [7, 11) is -1.62. The Morgan fingerprint density at radius 1 is 1.11 bits per heavy atom. The van der Waals surface area contributed by atoms with Gasteiger partial charge in [-0.15, -0.1) is 0 Å². The van der Waals surface area contributed by atoms with Gasteiger partial charge in [-0.2, -0.15) is 13.2 Å². The normalized spacial score (nSPS) is 13.5. The molecule has 2 rings (SSSR count). The molecule has 0 amide bonds. The Balaban J connectivity index is 2.72. The Morgan fingerprint density at radius 2 is 1.68 bits per heavy atom. The first-order chi connectivity index (χ1) is 12.6. The third-order valence-electron chi connectivity index (χ3n) is 3.30. The molecule has 1 heterocycles. The van der Waals surface area contributed by atoms with Gasteiger partial charge in [0.15, 0.2) is 11.0 Å². The second kappa shape index (κ2) is 7.86. The maximum absolute atomic E-state index is 14.3. The highest BCUT2D eigenvalue weighted by Crippen LogP contribution is 2.34. The molecule has 0 aliphatic heterocycles. The maximum atomic E-state index is 14.3. The fourth-order valence-electron chi connectivity index (χ4n) is 2.06. The molecule has 1 unspecified atom stereocenters. The quantitative estimate of drug-likeness (QED) is 0.513. The molecule has 15 heteroatoms. The van der Waals surface area contributed by atoms with Crippen LogP contribution >= 0.6 is 46.4 Å². The molecule has 154 valence electrons. The van der Waals surface area contributed by atoms with Gasteiger partial charge in [0.05, 0.1) is 16.4 Å². The highest BCUT2D eigenvalue weighted by molar-refractivity contribution is 7.92. The van der Waals surface area contributed by atoms with Crippen molar-refractivity contribution in [2.24, 2.45) is 7.05 Å². The summed E-state index contributed by atoms with van der Waals surface area (Å²) >= 11 is 22.1. The van der Waals surface area contributed by atoms with Crippen molar-refractivity contribution in [3.05, 3.63) is 55.6 Å². The molecule has 1 atom stereocenters. The van der Waals surface area contributed by atoms with Crippen LogP contribution in [0.3, 0.4) is 0 Å². The summed E-state index contributed by atoms with van der Waals surface area (Å²) in [6.45, 7) is 0. The first kappa shape index (κ1) is 23.0. The van der Waals surface area contributed by atoms with Crippen molar-refractivity contribution in [3.63, 3.8) is 0 Å². The largest absolute Gasteiger partial charge is 0.431 e. The number of alkyl halides is 6. The average Bonchev–Trinajstić information content (AvgIpc) is 2.52. The summed E-state index contributed by atoms with van der Waals surface area (Å²) < 4.78 is 65.0. The minimum absolute atomic E-state index is 0.127. The van der Waals surface area contributed by atoms with Crippen molar-refractivity contribution in [3.8, 4) is 5.69 Å². The molecule has 0 saturated heterocycles. The van der Waals surface area contributed by atoms with E-state index in [2.05, 4.69) is 4.72 Å². The number of nitrogens with one attached hydrogen (secondary N) is 1. The van der Waals surface area contributed by atoms with Crippen LogP contribution in [-0.2, 0) is 24.2 Å². The first-order valence-corrected chi connectivity index (χ1v) is 9.45. The van der Waals surface area contributed by atoms with Crippen LogP contribution in [0.25, 0.3) is 5.69 Å². The molecule has 1 aromatic heterocycles. The Hall–Kier alpha value is -1.27. The Kier molecular flexibility index (Phi) is 6.46. The van der Waals surface area contributed by atoms with Crippen LogP contribution in [0.5, 0.6) is 0 Å². The van der Waals surface area contributed by atoms with E-state index >= 15 is 0 Å². The fourth-order valence-corrected chi connectivity index (χ4v) is 3.15. The minimum Gasteiger partial charge on any atom is -0.300 e. The Labute approximate surface area is 176 Å². The lowest BCUT2D eigenvalue weighted by atomic mass is 10.2. The van der Waals surface area contributed by atoms with Gasteiger partial charge in [-0.05, 0) is 12.1 Å². The SMILES string of the molecule is Cn1c(C(F)(F)F)cc(=O)n(-c2cc(NS(=O)C(Cl)(Cl)Cl)c(Cl)cc2F)c1=O. The molecule has 0 aliphatic carbocycles. The van der Waals surface area contributed by atoms with Crippen LogP contribution in [0.15, 0.2) is 27.8 Å². The topological polar surface area (TPSA) is 73.1 Å². The summed E-state index contributed by atoms with van der Waals surface area (Å²) in [6, 6.07) is 1.53. The molecular weight excluding hydrogens is 496 g/mol. The van der Waals surface area contributed by atoms with Crippen LogP contribution in [0.2, 0.25) is 5.02 Å². The van der Waals surface area contributed by atoms with E-state index in [-0.39, 0.29) is 25.9 Å². The van der Waals surface area contributed by atoms with Crippen molar-refractivity contribution in [1.29, 1.82) is 0 Å². The number of benzene rings is 1. The minimum atomic E-state index is -4.99. The smallest absolute Gasteiger partial charge is 0.300 e. The fraction of sp³-hybridized carbons (Fsp3) is 0.231. The lowest BCUT2D eigenvalue weighted by molar-refractivity contribution is -0.144. The van der Waals surface area contributed by atoms with Crippen molar-refractivity contribution in [2.45, 2.75) is 9.30 Å². The van der Waals surface area contributed by atoms with Crippen molar-refractivity contribution in [1.82, 2.24) is 9.13 Å². The highest BCUT2D eigenvalue weighted by Gasteiger charge is 2.35. The zero-order chi connectivity index (χ0) is 21.6. The second-order valence-electron chi connectivity index (χ2n) is 5.14. The number of hydrogen-bond donors (Lipinski definition) is 1. The number of nitrogens with zero attached hydrogens (tertiary/aromatic N) is 2. The predicted octanol–water partition coefficient (Wildman–Crippen LogP) is 3.75. The molecule has 0 aliphatic rings. The van der Waals surface area contributed by atoms with E-state index in [4.69, 9.17) is 46.4 Å². The lowest BCUT2D eigenvalue weighted by Gasteiger charge is -2.17. The molecule has 1 N–H and O–H groups in total. The van der Waals surface area contributed by atoms with Crippen LogP contribution in [-0.4, -0.2) is 16.5 Å². The Bertz CT molecular complexity index is 1080. The van der Waals surface area contributed by atoms with Crippen LogP contribution < -0.4 is 16.0 Å². The summed E-state index contributed by atoms with van der Waals surface area (Å²) in [6.07, 6.45) is -4.99. The summed E-state index contributed by atoms with van der Waals surface area (Å²) in [4.78, 5) is 24.4. The van der Waals surface area contributed by atoms with E-state index in [0.29, 0.717) is 6.07 Å². The van der Waals surface area contributed by atoms with E-state index < -0.39 is 48.7 Å². The van der Waals surface area contributed by atoms with Gasteiger partial charge in [-0.1, -0.05) is 46.4 Å². The number of halogens is 8. The summed E-state index contributed by atoms with van der Waals surface area (Å²) in [5, 5.41) is -0.361. The van der Waals surface area contributed by atoms with Gasteiger partial charge in [-0.25, -0.2) is 18.0 Å². The number of anilines is 1. The standard InChI is InChI=1S/C13H7Cl4F4N3O3S/c1-23-9(12(19,20)21)4-10(25)24(11(23)26)8-3-7(5(14)2-6(8)18)22-28(27)13(15,16)17/h2-4,22H,1H3. The Morgan fingerprint density at radius 3 is 2.18 bits per heavy atom. The van der Waals surface area contributed by atoms with Crippen molar-refractivity contribution in [2.75, 3.05) is 4.72 Å². The van der Waals surface area contributed by atoms with E-state index in [1.165, 1.54) is 0 Å². The van der Waals surface area contributed by atoms with Gasteiger partial charge < -0.3 is 4.72 Å². The molecule has 2 aromatic rings. The zero-order valence-electron chi connectivity index (χ0n) is 13.3. The molecule has 1 aromatic carbocycles. The molecule has 0 bridgehead atoms. The van der Waals surface area contributed by atoms with Gasteiger partial charge in [-0.3, -0.25) is 9.36 Å². The van der Waals surface area contributed by atoms with E-state index in [0.717, 1.165) is 13.1 Å². The molecule has 0 radical (unpaired) electrons. The molecule has 28 heavy (non-hydrogen) atoms. The first-order valence-electron chi connectivity index (χ1n) is 6.79. The van der Waals surface area contributed by atoms with Crippen LogP contribution in [0.1, 0.15) is 5.69 Å². The van der Waals surface area contributed by atoms with Gasteiger partial charge in [0, 0.05) is 13.1 Å². The zero-order valence-corrected chi connectivity index (χ0v) is 17.1. The third-order valence-corrected chi connectivity index (χ3v) is 5.70. The monoisotopic (exact) mass is 501 g/mol. The average molecular weight is 503 g/mol. The lowest BCUT2D eigenvalue weighted by Crippen LogP contribution is -2.41. The van der Waals surface area contributed by atoms with E-state index in [1.54, 1.807) is 0 Å².